The molecule has 0 aliphatic rings. The minimum Gasteiger partial charge on any atom is -0.338 e. The lowest BCUT2D eigenvalue weighted by Gasteiger charge is -2.12. The molecule has 0 fully saturated rings. The minimum atomic E-state index is -0.512. The summed E-state index contributed by atoms with van der Waals surface area (Å²) in [5, 5.41) is 10.8. The fourth-order valence-electron chi connectivity index (χ4n) is 2.27. The van der Waals surface area contributed by atoms with Crippen LogP contribution in [0.3, 0.4) is 0 Å². The Morgan fingerprint density at radius 3 is 2.71 bits per heavy atom. The highest BCUT2D eigenvalue weighted by molar-refractivity contribution is 6.01. The monoisotopic (exact) mass is 323 g/mol. The van der Waals surface area contributed by atoms with Crippen molar-refractivity contribution in [1.29, 1.82) is 5.41 Å². The van der Waals surface area contributed by atoms with Gasteiger partial charge in [0, 0.05) is 11.9 Å². The number of aromatic nitrogens is 3. The average Bonchev–Trinajstić information content (AvgIpc) is 2.55. The Morgan fingerprint density at radius 2 is 2.04 bits per heavy atom. The van der Waals surface area contributed by atoms with Crippen LogP contribution in [0.2, 0.25) is 0 Å². The second-order valence-electron chi connectivity index (χ2n) is 5.11. The second-order valence-corrected chi connectivity index (χ2v) is 5.11. The average molecular weight is 323 g/mol. The third kappa shape index (κ3) is 3.05. The van der Waals surface area contributed by atoms with Crippen LogP contribution in [0.15, 0.2) is 53.6 Å². The van der Waals surface area contributed by atoms with Crippen molar-refractivity contribution in [2.24, 2.45) is 0 Å². The summed E-state index contributed by atoms with van der Waals surface area (Å²) in [6.07, 6.45) is 3.18. The van der Waals surface area contributed by atoms with Gasteiger partial charge >= 0.3 is 0 Å². The van der Waals surface area contributed by atoms with Gasteiger partial charge in [0.25, 0.3) is 5.56 Å². The molecule has 1 aromatic carbocycles. The van der Waals surface area contributed by atoms with E-state index in [2.05, 4.69) is 20.3 Å². The summed E-state index contributed by atoms with van der Waals surface area (Å²) in [6.45, 7) is 1.49. The number of benzene rings is 1. The van der Waals surface area contributed by atoms with Crippen LogP contribution < -0.4 is 10.9 Å². The first kappa shape index (κ1) is 15.5. The fraction of sp³-hybridized carbons (Fsp3) is 0.0588. The van der Waals surface area contributed by atoms with Crippen LogP contribution in [-0.2, 0) is 0 Å². The Hall–Kier alpha value is -3.35. The SMILES string of the molecule is CC(=N)c1c(Nc2cccnc2)nc(-c2ccccc2F)[nH]c1=O. The Morgan fingerprint density at radius 1 is 1.25 bits per heavy atom. The van der Waals surface area contributed by atoms with Crippen molar-refractivity contribution >= 4 is 17.2 Å². The molecule has 3 N–H and O–H groups in total. The van der Waals surface area contributed by atoms with Gasteiger partial charge in [-0.25, -0.2) is 9.37 Å². The van der Waals surface area contributed by atoms with Gasteiger partial charge in [-0.1, -0.05) is 12.1 Å². The van der Waals surface area contributed by atoms with E-state index in [1.54, 1.807) is 36.7 Å². The Balaban J connectivity index is 2.16. The number of halogens is 1. The van der Waals surface area contributed by atoms with Crippen molar-refractivity contribution in [2.75, 3.05) is 5.32 Å². The molecule has 0 unspecified atom stereocenters. The molecule has 0 saturated carbocycles. The van der Waals surface area contributed by atoms with Crippen molar-refractivity contribution in [1.82, 2.24) is 15.0 Å². The molecular formula is C17H14FN5O. The van der Waals surface area contributed by atoms with Gasteiger partial charge in [0.05, 0.1) is 17.4 Å². The highest BCUT2D eigenvalue weighted by atomic mass is 19.1. The summed E-state index contributed by atoms with van der Waals surface area (Å²) in [7, 11) is 0. The number of nitrogens with one attached hydrogen (secondary N) is 3. The predicted octanol–water partition coefficient (Wildman–Crippen LogP) is 3.10. The highest BCUT2D eigenvalue weighted by Crippen LogP contribution is 2.22. The van der Waals surface area contributed by atoms with E-state index in [-0.39, 0.29) is 28.5 Å². The first-order valence-corrected chi connectivity index (χ1v) is 7.18. The van der Waals surface area contributed by atoms with E-state index in [1.165, 1.54) is 19.1 Å². The van der Waals surface area contributed by atoms with E-state index in [4.69, 9.17) is 5.41 Å². The van der Waals surface area contributed by atoms with Crippen LogP contribution in [-0.4, -0.2) is 20.7 Å². The van der Waals surface area contributed by atoms with Gasteiger partial charge in [-0.15, -0.1) is 0 Å². The summed E-state index contributed by atoms with van der Waals surface area (Å²) in [5.74, 6) is -0.223. The molecule has 3 rings (SSSR count). The summed E-state index contributed by atoms with van der Waals surface area (Å²) in [5.41, 5.74) is 0.423. The zero-order chi connectivity index (χ0) is 17.1. The van der Waals surface area contributed by atoms with E-state index in [0.717, 1.165) is 0 Å². The van der Waals surface area contributed by atoms with Gasteiger partial charge in [0.1, 0.15) is 23.0 Å². The van der Waals surface area contributed by atoms with Crippen molar-refractivity contribution in [2.45, 2.75) is 6.92 Å². The quantitative estimate of drug-likeness (QED) is 0.643. The molecular weight excluding hydrogens is 309 g/mol. The highest BCUT2D eigenvalue weighted by Gasteiger charge is 2.16. The first-order chi connectivity index (χ1) is 11.6. The molecule has 2 heterocycles. The maximum Gasteiger partial charge on any atom is 0.262 e. The van der Waals surface area contributed by atoms with Gasteiger partial charge in [-0.05, 0) is 31.2 Å². The first-order valence-electron chi connectivity index (χ1n) is 7.18. The molecule has 0 spiro atoms. The maximum atomic E-state index is 14.0. The molecule has 0 radical (unpaired) electrons. The fourth-order valence-corrected chi connectivity index (χ4v) is 2.27. The van der Waals surface area contributed by atoms with Gasteiger partial charge in [-0.3, -0.25) is 9.78 Å². The Bertz CT molecular complexity index is 953. The molecule has 3 aromatic rings. The number of pyridine rings is 1. The molecule has 6 nitrogen and oxygen atoms in total. The van der Waals surface area contributed by atoms with Gasteiger partial charge in [-0.2, -0.15) is 0 Å². The lowest BCUT2D eigenvalue weighted by Crippen LogP contribution is -2.21. The number of hydrogen-bond donors (Lipinski definition) is 3. The number of anilines is 2. The summed E-state index contributed by atoms with van der Waals surface area (Å²) >= 11 is 0. The minimum absolute atomic E-state index is 0.0511. The van der Waals surface area contributed by atoms with Crippen molar-refractivity contribution in [3.63, 3.8) is 0 Å². The zero-order valence-corrected chi connectivity index (χ0v) is 12.8. The molecule has 24 heavy (non-hydrogen) atoms. The molecule has 7 heteroatoms. The lowest BCUT2D eigenvalue weighted by atomic mass is 10.1. The Labute approximate surface area is 136 Å². The molecule has 0 bridgehead atoms. The number of H-pyrrole nitrogens is 1. The van der Waals surface area contributed by atoms with Gasteiger partial charge in [0.15, 0.2) is 0 Å². The molecule has 120 valence electrons. The number of rotatable bonds is 4. The van der Waals surface area contributed by atoms with E-state index >= 15 is 0 Å². The van der Waals surface area contributed by atoms with Crippen molar-refractivity contribution in [3.05, 3.63) is 70.5 Å². The predicted molar refractivity (Wildman–Crippen MR) is 90.3 cm³/mol. The smallest absolute Gasteiger partial charge is 0.262 e. The molecule has 2 aromatic heterocycles. The van der Waals surface area contributed by atoms with E-state index in [9.17, 15) is 9.18 Å². The van der Waals surface area contributed by atoms with Crippen LogP contribution >= 0.6 is 0 Å². The Kier molecular flexibility index (Phi) is 4.15. The third-order valence-electron chi connectivity index (χ3n) is 3.35. The van der Waals surface area contributed by atoms with Crippen LogP contribution in [0.4, 0.5) is 15.9 Å². The molecule has 0 amide bonds. The molecule has 0 aliphatic heterocycles. The van der Waals surface area contributed by atoms with Crippen molar-refractivity contribution in [3.8, 4) is 11.4 Å². The normalized spacial score (nSPS) is 10.4. The summed E-state index contributed by atoms with van der Waals surface area (Å²) in [6, 6.07) is 9.51. The summed E-state index contributed by atoms with van der Waals surface area (Å²) < 4.78 is 14.0. The number of aromatic amines is 1. The summed E-state index contributed by atoms with van der Waals surface area (Å²) in [4.78, 5) is 23.2. The second kappa shape index (κ2) is 6.41. The van der Waals surface area contributed by atoms with Gasteiger partial charge < -0.3 is 15.7 Å². The van der Waals surface area contributed by atoms with Crippen molar-refractivity contribution < 1.29 is 4.39 Å². The van der Waals surface area contributed by atoms with E-state index in [0.29, 0.717) is 5.69 Å². The molecule has 0 saturated heterocycles. The van der Waals surface area contributed by atoms with E-state index in [1.807, 2.05) is 0 Å². The third-order valence-corrected chi connectivity index (χ3v) is 3.35. The topological polar surface area (TPSA) is 94.5 Å². The number of hydrogen-bond acceptors (Lipinski definition) is 5. The largest absolute Gasteiger partial charge is 0.338 e. The van der Waals surface area contributed by atoms with Crippen LogP contribution in [0.5, 0.6) is 0 Å². The number of nitrogens with zero attached hydrogens (tertiary/aromatic N) is 2. The van der Waals surface area contributed by atoms with Crippen LogP contribution in [0.25, 0.3) is 11.4 Å². The maximum absolute atomic E-state index is 14.0. The lowest BCUT2D eigenvalue weighted by molar-refractivity contribution is 0.630. The van der Waals surface area contributed by atoms with Crippen LogP contribution in [0.1, 0.15) is 12.5 Å². The molecule has 0 atom stereocenters. The van der Waals surface area contributed by atoms with Crippen LogP contribution in [0, 0.1) is 11.2 Å². The molecule has 0 aliphatic carbocycles. The standard InChI is InChI=1S/C17H14FN5O/c1-10(19)14-16(21-11-5-4-8-20-9-11)22-15(23-17(14)24)12-6-2-3-7-13(12)18/h2-9,19H,1H3,(H2,21,22,23,24). The zero-order valence-electron chi connectivity index (χ0n) is 12.8. The van der Waals surface area contributed by atoms with E-state index < -0.39 is 11.4 Å². The van der Waals surface area contributed by atoms with Gasteiger partial charge in [0.2, 0.25) is 0 Å².